The van der Waals surface area contributed by atoms with E-state index in [0.29, 0.717) is 16.8 Å². The van der Waals surface area contributed by atoms with Crippen molar-refractivity contribution in [3.05, 3.63) is 59.4 Å². The van der Waals surface area contributed by atoms with Gasteiger partial charge < -0.3 is 30.5 Å². The van der Waals surface area contributed by atoms with Gasteiger partial charge in [0.05, 0.1) is 19.6 Å². The maximum atomic E-state index is 14.1. The fraction of sp³-hybridized carbons (Fsp3) is 0.423. The fourth-order valence-electron chi connectivity index (χ4n) is 4.09. The Morgan fingerprint density at radius 1 is 1.06 bits per heavy atom. The van der Waals surface area contributed by atoms with Crippen molar-refractivity contribution in [2.45, 2.75) is 26.3 Å². The van der Waals surface area contributed by atoms with Gasteiger partial charge in [-0.2, -0.15) is 0 Å². The summed E-state index contributed by atoms with van der Waals surface area (Å²) in [6, 6.07) is 10.2. The van der Waals surface area contributed by atoms with E-state index in [2.05, 4.69) is 37.4 Å². The molecule has 2 aromatic rings. The van der Waals surface area contributed by atoms with Crippen molar-refractivity contribution in [1.29, 1.82) is 0 Å². The first-order valence-corrected chi connectivity index (χ1v) is 12.1. The lowest BCUT2D eigenvalue weighted by Crippen LogP contribution is -2.46. The van der Waals surface area contributed by atoms with E-state index in [1.807, 2.05) is 6.92 Å². The quantitative estimate of drug-likeness (QED) is 0.458. The minimum absolute atomic E-state index is 0.0855. The van der Waals surface area contributed by atoms with Crippen molar-refractivity contribution in [2.75, 3.05) is 56.6 Å². The number of piperazine rings is 1. The van der Waals surface area contributed by atoms with Gasteiger partial charge in [-0.25, -0.2) is 9.18 Å². The second-order valence-electron chi connectivity index (χ2n) is 8.60. The van der Waals surface area contributed by atoms with E-state index in [0.717, 1.165) is 38.4 Å². The summed E-state index contributed by atoms with van der Waals surface area (Å²) < 4.78 is 18.6. The van der Waals surface area contributed by atoms with Crippen LogP contribution in [0, 0.1) is 5.82 Å². The minimum Gasteiger partial charge on any atom is -0.469 e. The van der Waals surface area contributed by atoms with Gasteiger partial charge in [-0.3, -0.25) is 9.59 Å². The first kappa shape index (κ1) is 26.9. The van der Waals surface area contributed by atoms with Gasteiger partial charge in [-0.15, -0.1) is 0 Å². The molecule has 1 aliphatic heterocycles. The van der Waals surface area contributed by atoms with E-state index >= 15 is 0 Å². The largest absolute Gasteiger partial charge is 0.469 e. The van der Waals surface area contributed by atoms with Crippen LogP contribution in [0.5, 0.6) is 0 Å². The third-order valence-corrected chi connectivity index (χ3v) is 6.21. The summed E-state index contributed by atoms with van der Waals surface area (Å²) in [7, 11) is 1.29. The lowest BCUT2D eigenvalue weighted by atomic mass is 10.0. The summed E-state index contributed by atoms with van der Waals surface area (Å²) >= 11 is 0. The van der Waals surface area contributed by atoms with E-state index < -0.39 is 18.0 Å². The second-order valence-corrected chi connectivity index (χ2v) is 8.60. The van der Waals surface area contributed by atoms with Gasteiger partial charge in [-0.05, 0) is 55.9 Å². The topological polar surface area (TPSA) is 103 Å². The Labute approximate surface area is 211 Å². The van der Waals surface area contributed by atoms with Crippen LogP contribution in [0.4, 0.5) is 20.6 Å². The number of carbonyl (C=O) groups excluding carboxylic acids is 3. The third kappa shape index (κ3) is 7.42. The summed E-state index contributed by atoms with van der Waals surface area (Å²) in [5.41, 5.74) is 2.53. The molecule has 3 N–H and O–H groups in total. The van der Waals surface area contributed by atoms with E-state index in [4.69, 9.17) is 0 Å². The summed E-state index contributed by atoms with van der Waals surface area (Å²) in [6.07, 6.45) is 0.0855. The normalized spacial score (nSPS) is 14.6. The molecular formula is C26H34FN5O4. The molecule has 3 rings (SSSR count). The van der Waals surface area contributed by atoms with Gasteiger partial charge >= 0.3 is 12.0 Å². The molecule has 9 nitrogen and oxygen atoms in total. The van der Waals surface area contributed by atoms with Gasteiger partial charge in [0, 0.05) is 55.2 Å². The molecule has 1 aliphatic rings. The lowest BCUT2D eigenvalue weighted by molar-refractivity contribution is -0.140. The van der Waals surface area contributed by atoms with Crippen LogP contribution >= 0.6 is 0 Å². The molecule has 0 spiro atoms. The minimum atomic E-state index is -0.441. The van der Waals surface area contributed by atoms with E-state index in [-0.39, 0.29) is 24.7 Å². The average Bonchev–Trinajstić information content (AvgIpc) is 2.88. The molecule has 1 saturated heterocycles. The number of anilines is 2. The van der Waals surface area contributed by atoms with Crippen LogP contribution < -0.4 is 20.9 Å². The van der Waals surface area contributed by atoms with Crippen molar-refractivity contribution in [3.63, 3.8) is 0 Å². The predicted octanol–water partition coefficient (Wildman–Crippen LogP) is 3.14. The maximum Gasteiger partial charge on any atom is 0.319 e. The molecule has 1 heterocycles. The zero-order chi connectivity index (χ0) is 26.1. The molecule has 2 aromatic carbocycles. The number of benzene rings is 2. The summed E-state index contributed by atoms with van der Waals surface area (Å²) in [5.74, 6) is -1.09. The maximum absolute atomic E-state index is 14.1. The monoisotopic (exact) mass is 499 g/mol. The zero-order valence-electron chi connectivity index (χ0n) is 21.0. The predicted molar refractivity (Wildman–Crippen MR) is 137 cm³/mol. The number of carbonyl (C=O) groups is 3. The van der Waals surface area contributed by atoms with Crippen molar-refractivity contribution >= 4 is 29.3 Å². The van der Waals surface area contributed by atoms with Gasteiger partial charge in [0.2, 0.25) is 0 Å². The SMILES string of the molecule is CCN1CCN(c2ccc(F)cc2C(C)NC(=O)Nc2ccc(C(=O)NCCC(=O)OC)cc2)CC1. The standard InChI is InChI=1S/C26H34FN5O4/c1-4-31-13-15-32(16-14-31)23-10-7-20(27)17-22(23)18(2)29-26(35)30-21-8-5-19(6-9-21)25(34)28-12-11-24(33)36-3/h5-10,17-18H,4,11-16H2,1-3H3,(H,28,34)(H2,29,30,35). The molecule has 0 aromatic heterocycles. The molecule has 0 aliphatic carbocycles. The number of ether oxygens (including phenoxy) is 1. The van der Waals surface area contributed by atoms with Crippen LogP contribution in [-0.2, 0) is 9.53 Å². The highest BCUT2D eigenvalue weighted by Gasteiger charge is 2.22. The fourth-order valence-corrected chi connectivity index (χ4v) is 4.09. The molecule has 36 heavy (non-hydrogen) atoms. The Hall–Kier alpha value is -3.66. The highest BCUT2D eigenvalue weighted by Crippen LogP contribution is 2.28. The zero-order valence-corrected chi connectivity index (χ0v) is 21.0. The van der Waals surface area contributed by atoms with Crippen LogP contribution in [0.3, 0.4) is 0 Å². The lowest BCUT2D eigenvalue weighted by Gasteiger charge is -2.37. The van der Waals surface area contributed by atoms with Gasteiger partial charge in [0.25, 0.3) is 5.91 Å². The van der Waals surface area contributed by atoms with Gasteiger partial charge in [0.1, 0.15) is 5.82 Å². The number of hydrogen-bond acceptors (Lipinski definition) is 6. The molecule has 194 valence electrons. The average molecular weight is 500 g/mol. The number of methoxy groups -OCH3 is 1. The number of amides is 3. The summed E-state index contributed by atoms with van der Waals surface area (Å²) in [6.45, 7) is 8.69. The molecule has 10 heteroatoms. The Kier molecular flexibility index (Phi) is 9.63. The van der Waals surface area contributed by atoms with E-state index in [1.54, 1.807) is 30.3 Å². The Morgan fingerprint density at radius 2 is 1.75 bits per heavy atom. The highest BCUT2D eigenvalue weighted by molar-refractivity contribution is 5.95. The van der Waals surface area contributed by atoms with Crippen molar-refractivity contribution < 1.29 is 23.5 Å². The second kappa shape index (κ2) is 12.9. The molecule has 3 amide bonds. The van der Waals surface area contributed by atoms with Crippen LogP contribution in [0.25, 0.3) is 0 Å². The van der Waals surface area contributed by atoms with Crippen LogP contribution in [-0.4, -0.2) is 69.2 Å². The van der Waals surface area contributed by atoms with E-state index in [1.165, 1.54) is 19.2 Å². The first-order valence-electron chi connectivity index (χ1n) is 12.1. The number of nitrogens with one attached hydrogen (secondary N) is 3. The number of rotatable bonds is 9. The smallest absolute Gasteiger partial charge is 0.319 e. The number of halogens is 1. The third-order valence-electron chi connectivity index (χ3n) is 6.21. The number of esters is 1. The number of likely N-dealkylation sites (N-methyl/N-ethyl adjacent to an activating group) is 1. The number of nitrogens with zero attached hydrogens (tertiary/aromatic N) is 2. The Morgan fingerprint density at radius 3 is 2.39 bits per heavy atom. The summed E-state index contributed by atoms with van der Waals surface area (Å²) in [5, 5.41) is 8.25. The molecule has 0 radical (unpaired) electrons. The molecule has 0 bridgehead atoms. The Balaban J connectivity index is 1.57. The van der Waals surface area contributed by atoms with Crippen molar-refractivity contribution in [1.82, 2.24) is 15.5 Å². The molecule has 1 unspecified atom stereocenters. The van der Waals surface area contributed by atoms with Gasteiger partial charge in [-0.1, -0.05) is 6.92 Å². The molecule has 0 saturated carbocycles. The summed E-state index contributed by atoms with van der Waals surface area (Å²) in [4.78, 5) is 40.6. The van der Waals surface area contributed by atoms with Crippen molar-refractivity contribution in [2.24, 2.45) is 0 Å². The van der Waals surface area contributed by atoms with Gasteiger partial charge in [0.15, 0.2) is 0 Å². The molecule has 1 fully saturated rings. The first-order chi connectivity index (χ1) is 17.3. The molecular weight excluding hydrogens is 465 g/mol. The van der Waals surface area contributed by atoms with E-state index in [9.17, 15) is 18.8 Å². The number of hydrogen-bond donors (Lipinski definition) is 3. The highest BCUT2D eigenvalue weighted by atomic mass is 19.1. The molecule has 1 atom stereocenters. The Bertz CT molecular complexity index is 1050. The van der Waals surface area contributed by atoms with Crippen molar-refractivity contribution in [3.8, 4) is 0 Å². The van der Waals surface area contributed by atoms with Crippen LogP contribution in [0.15, 0.2) is 42.5 Å². The van der Waals surface area contributed by atoms with Crippen LogP contribution in [0.1, 0.15) is 42.2 Å². The number of urea groups is 1. The van der Waals surface area contributed by atoms with Crippen LogP contribution in [0.2, 0.25) is 0 Å².